The van der Waals surface area contributed by atoms with E-state index in [4.69, 9.17) is 0 Å². The first-order valence-corrected chi connectivity index (χ1v) is 5.60. The Labute approximate surface area is 86.5 Å². The lowest BCUT2D eigenvalue weighted by Gasteiger charge is -2.04. The molecule has 1 rings (SSSR count). The zero-order chi connectivity index (χ0) is 10.1. The molecule has 1 aromatic rings. The van der Waals surface area contributed by atoms with Crippen molar-refractivity contribution in [3.05, 3.63) is 18.7 Å². The van der Waals surface area contributed by atoms with E-state index in [9.17, 15) is 0 Å². The van der Waals surface area contributed by atoms with Crippen LogP contribution in [0.5, 0.6) is 0 Å². The average molecular weight is 195 g/mol. The summed E-state index contributed by atoms with van der Waals surface area (Å²) >= 11 is 0. The molecule has 3 heteroatoms. The molecule has 80 valence electrons. The average Bonchev–Trinajstić information content (AvgIpc) is 2.69. The minimum Gasteiger partial charge on any atom is -0.337 e. The number of hydrogen-bond acceptors (Lipinski definition) is 2. The van der Waals surface area contributed by atoms with Crippen LogP contribution in [0.1, 0.15) is 32.6 Å². The maximum Gasteiger partial charge on any atom is 0.0945 e. The first-order valence-electron chi connectivity index (χ1n) is 5.60. The van der Waals surface area contributed by atoms with Gasteiger partial charge in [0.25, 0.3) is 0 Å². The number of imidazole rings is 1. The van der Waals surface area contributed by atoms with Crippen molar-refractivity contribution < 1.29 is 0 Å². The van der Waals surface area contributed by atoms with Gasteiger partial charge in [-0.05, 0) is 25.9 Å². The summed E-state index contributed by atoms with van der Waals surface area (Å²) in [5.41, 5.74) is 0. The molecule has 0 bridgehead atoms. The van der Waals surface area contributed by atoms with Crippen LogP contribution in [0.15, 0.2) is 18.7 Å². The molecule has 1 aromatic heterocycles. The molecule has 1 heterocycles. The summed E-state index contributed by atoms with van der Waals surface area (Å²) in [5.74, 6) is 0. The van der Waals surface area contributed by atoms with Crippen molar-refractivity contribution in [3.8, 4) is 0 Å². The van der Waals surface area contributed by atoms with E-state index in [0.717, 1.165) is 19.6 Å². The number of nitrogens with one attached hydrogen (secondary N) is 1. The fraction of sp³-hybridized carbons (Fsp3) is 0.727. The largest absolute Gasteiger partial charge is 0.337 e. The van der Waals surface area contributed by atoms with E-state index in [1.54, 1.807) is 0 Å². The summed E-state index contributed by atoms with van der Waals surface area (Å²) in [6.45, 7) is 5.58. The van der Waals surface area contributed by atoms with Crippen LogP contribution in [0.25, 0.3) is 0 Å². The van der Waals surface area contributed by atoms with Gasteiger partial charge in [0.1, 0.15) is 0 Å². The zero-order valence-electron chi connectivity index (χ0n) is 9.08. The fourth-order valence-electron chi connectivity index (χ4n) is 1.43. The first-order chi connectivity index (χ1) is 6.93. The minimum atomic E-state index is 1.07. The number of nitrogens with zero attached hydrogens (tertiary/aromatic N) is 2. The summed E-state index contributed by atoms with van der Waals surface area (Å²) in [4.78, 5) is 4.00. The van der Waals surface area contributed by atoms with E-state index in [-0.39, 0.29) is 0 Å². The molecule has 0 fully saturated rings. The Balaban J connectivity index is 1.85. The van der Waals surface area contributed by atoms with Gasteiger partial charge in [0.2, 0.25) is 0 Å². The van der Waals surface area contributed by atoms with Gasteiger partial charge in [-0.1, -0.05) is 19.8 Å². The molecule has 0 saturated heterocycles. The fourth-order valence-corrected chi connectivity index (χ4v) is 1.43. The quantitative estimate of drug-likeness (QED) is 0.643. The number of aromatic nitrogens is 2. The van der Waals surface area contributed by atoms with Crippen LogP contribution in [0.2, 0.25) is 0 Å². The van der Waals surface area contributed by atoms with Crippen LogP contribution in [0, 0.1) is 0 Å². The van der Waals surface area contributed by atoms with Crippen molar-refractivity contribution in [2.24, 2.45) is 0 Å². The summed E-state index contributed by atoms with van der Waals surface area (Å²) in [5, 5.41) is 3.45. The smallest absolute Gasteiger partial charge is 0.0945 e. The Morgan fingerprint density at radius 1 is 1.21 bits per heavy atom. The molecule has 0 radical (unpaired) electrons. The molecule has 14 heavy (non-hydrogen) atoms. The Hall–Kier alpha value is -0.830. The van der Waals surface area contributed by atoms with Crippen LogP contribution in [0.3, 0.4) is 0 Å². The van der Waals surface area contributed by atoms with Gasteiger partial charge in [-0.15, -0.1) is 0 Å². The molecule has 1 N–H and O–H groups in total. The van der Waals surface area contributed by atoms with Crippen molar-refractivity contribution in [2.45, 2.75) is 39.2 Å². The van der Waals surface area contributed by atoms with Gasteiger partial charge >= 0.3 is 0 Å². The number of hydrogen-bond donors (Lipinski definition) is 1. The Bertz CT molecular complexity index is 206. The van der Waals surface area contributed by atoms with Crippen molar-refractivity contribution >= 4 is 0 Å². The van der Waals surface area contributed by atoms with Crippen molar-refractivity contribution in [3.63, 3.8) is 0 Å². The maximum atomic E-state index is 4.00. The Morgan fingerprint density at radius 2 is 2.07 bits per heavy atom. The lowest BCUT2D eigenvalue weighted by atomic mass is 10.2. The van der Waals surface area contributed by atoms with Crippen molar-refractivity contribution in [2.75, 3.05) is 13.1 Å². The van der Waals surface area contributed by atoms with Gasteiger partial charge in [0.05, 0.1) is 6.33 Å². The second-order valence-electron chi connectivity index (χ2n) is 3.61. The SMILES string of the molecule is CCCCCNCCCn1ccnc1. The highest BCUT2D eigenvalue weighted by Crippen LogP contribution is 1.92. The van der Waals surface area contributed by atoms with E-state index in [0.29, 0.717) is 0 Å². The third-order valence-electron chi connectivity index (χ3n) is 2.29. The van der Waals surface area contributed by atoms with E-state index < -0.39 is 0 Å². The number of unbranched alkanes of at least 4 members (excludes halogenated alkanes) is 2. The van der Waals surface area contributed by atoms with Crippen molar-refractivity contribution in [1.82, 2.24) is 14.9 Å². The monoisotopic (exact) mass is 195 g/mol. The molecule has 0 aliphatic rings. The van der Waals surface area contributed by atoms with E-state index >= 15 is 0 Å². The second-order valence-corrected chi connectivity index (χ2v) is 3.61. The van der Waals surface area contributed by atoms with Gasteiger partial charge in [0.15, 0.2) is 0 Å². The summed E-state index contributed by atoms with van der Waals surface area (Å²) in [6.07, 6.45) is 10.8. The third-order valence-corrected chi connectivity index (χ3v) is 2.29. The molecule has 0 aliphatic heterocycles. The summed E-state index contributed by atoms with van der Waals surface area (Å²) < 4.78 is 2.12. The minimum absolute atomic E-state index is 1.07. The van der Waals surface area contributed by atoms with Gasteiger partial charge in [-0.3, -0.25) is 0 Å². The number of rotatable bonds is 8. The number of aryl methyl sites for hydroxylation is 1. The lowest BCUT2D eigenvalue weighted by molar-refractivity contribution is 0.560. The molecule has 0 aliphatic carbocycles. The summed E-state index contributed by atoms with van der Waals surface area (Å²) in [6, 6.07) is 0. The topological polar surface area (TPSA) is 29.9 Å². The molecule has 0 spiro atoms. The van der Waals surface area contributed by atoms with Crippen molar-refractivity contribution in [1.29, 1.82) is 0 Å². The van der Waals surface area contributed by atoms with Gasteiger partial charge in [-0.25, -0.2) is 4.98 Å². The predicted octanol–water partition coefficient (Wildman–Crippen LogP) is 2.05. The maximum absolute atomic E-state index is 4.00. The molecule has 0 unspecified atom stereocenters. The summed E-state index contributed by atoms with van der Waals surface area (Å²) in [7, 11) is 0. The highest BCUT2D eigenvalue weighted by atomic mass is 15.0. The van der Waals surface area contributed by atoms with Crippen LogP contribution >= 0.6 is 0 Å². The Kier molecular flexibility index (Phi) is 6.07. The normalized spacial score (nSPS) is 10.6. The standard InChI is InChI=1S/C11H21N3/c1-2-3-4-6-12-7-5-9-14-10-8-13-11-14/h8,10-12H,2-7,9H2,1H3. The van der Waals surface area contributed by atoms with Gasteiger partial charge in [-0.2, -0.15) is 0 Å². The van der Waals surface area contributed by atoms with Gasteiger partial charge < -0.3 is 9.88 Å². The molecule has 0 aromatic carbocycles. The van der Waals surface area contributed by atoms with Gasteiger partial charge in [0, 0.05) is 18.9 Å². The Morgan fingerprint density at radius 3 is 2.79 bits per heavy atom. The highest BCUT2D eigenvalue weighted by Gasteiger charge is 1.90. The molecule has 0 amide bonds. The first kappa shape index (κ1) is 11.2. The molecular weight excluding hydrogens is 174 g/mol. The van der Waals surface area contributed by atoms with Crippen LogP contribution in [-0.2, 0) is 6.54 Å². The predicted molar refractivity (Wildman–Crippen MR) is 59.2 cm³/mol. The van der Waals surface area contributed by atoms with Crippen LogP contribution in [0.4, 0.5) is 0 Å². The van der Waals surface area contributed by atoms with E-state index in [1.165, 1.54) is 25.7 Å². The molecule has 0 saturated carbocycles. The molecular formula is C11H21N3. The lowest BCUT2D eigenvalue weighted by Crippen LogP contribution is -2.17. The van der Waals surface area contributed by atoms with Crippen LogP contribution in [-0.4, -0.2) is 22.6 Å². The third kappa shape index (κ3) is 5.02. The highest BCUT2D eigenvalue weighted by molar-refractivity contribution is 4.73. The second kappa shape index (κ2) is 7.56. The van der Waals surface area contributed by atoms with E-state index in [1.807, 2.05) is 18.7 Å². The van der Waals surface area contributed by atoms with E-state index in [2.05, 4.69) is 21.8 Å². The van der Waals surface area contributed by atoms with Crippen LogP contribution < -0.4 is 5.32 Å². The molecule has 0 atom stereocenters. The molecule has 3 nitrogen and oxygen atoms in total. The zero-order valence-corrected chi connectivity index (χ0v) is 9.08.